The van der Waals surface area contributed by atoms with Gasteiger partial charge < -0.3 is 4.57 Å². The number of halogens is 5. The number of rotatable bonds is 6. The second-order valence-electron chi connectivity index (χ2n) is 8.60. The van der Waals surface area contributed by atoms with Gasteiger partial charge in [0.25, 0.3) is 0 Å². The molecule has 4 aromatic heterocycles. The smallest absolute Gasteiger partial charge is 0.309 e. The van der Waals surface area contributed by atoms with Crippen molar-refractivity contribution in [3.63, 3.8) is 0 Å². The van der Waals surface area contributed by atoms with Crippen LogP contribution >= 0.6 is 0 Å². The number of hydrogen-bond acceptors (Lipinski definition) is 8. The first kappa shape index (κ1) is 25.0. The summed E-state index contributed by atoms with van der Waals surface area (Å²) in [5, 5.41) is 14.9. The first-order valence-corrected chi connectivity index (χ1v) is 12.7. The van der Waals surface area contributed by atoms with Gasteiger partial charge in [-0.1, -0.05) is 6.92 Å². The van der Waals surface area contributed by atoms with Crippen molar-refractivity contribution in [1.29, 1.82) is 0 Å². The number of fused-ring (bicyclic) bond motifs is 1. The number of nitrogens with zero attached hydrogens (tertiary/aromatic N) is 7. The molecule has 0 bridgehead atoms. The maximum atomic E-state index is 13.8. The Kier molecular flexibility index (Phi) is 5.73. The van der Waals surface area contributed by atoms with E-state index in [1.54, 1.807) is 6.07 Å². The van der Waals surface area contributed by atoms with Gasteiger partial charge in [-0.05, 0) is 37.1 Å². The number of alkyl halides is 5. The highest BCUT2D eigenvalue weighted by Crippen LogP contribution is 2.43. The first-order chi connectivity index (χ1) is 17.3. The second kappa shape index (κ2) is 8.46. The van der Waals surface area contributed by atoms with Crippen LogP contribution in [0.25, 0.3) is 33.9 Å². The summed E-state index contributed by atoms with van der Waals surface area (Å²) in [6, 6.07) is 5.36. The second-order valence-corrected chi connectivity index (χ2v) is 10.8. The minimum absolute atomic E-state index is 0.106. The molecule has 4 heterocycles. The van der Waals surface area contributed by atoms with E-state index in [0.717, 1.165) is 18.5 Å². The Hall–Kier alpha value is -3.62. The average molecular weight is 539 g/mol. The maximum absolute atomic E-state index is 13.8. The summed E-state index contributed by atoms with van der Waals surface area (Å²) in [7, 11) is -2.50. The molecule has 15 heteroatoms. The summed E-state index contributed by atoms with van der Waals surface area (Å²) >= 11 is 0. The molecule has 1 aliphatic rings. The molecule has 194 valence electrons. The monoisotopic (exact) mass is 539 g/mol. The van der Waals surface area contributed by atoms with Crippen molar-refractivity contribution < 1.29 is 30.4 Å². The van der Waals surface area contributed by atoms with Crippen LogP contribution in [0.3, 0.4) is 0 Å². The minimum Gasteiger partial charge on any atom is -0.309 e. The molecule has 0 unspecified atom stereocenters. The lowest BCUT2D eigenvalue weighted by atomic mass is 10.1. The van der Waals surface area contributed by atoms with Crippen molar-refractivity contribution in [3.8, 4) is 22.8 Å². The van der Waals surface area contributed by atoms with E-state index >= 15 is 0 Å². The van der Waals surface area contributed by atoms with Gasteiger partial charge in [-0.25, -0.2) is 13.4 Å². The summed E-state index contributed by atoms with van der Waals surface area (Å²) < 4.78 is 93.2. The van der Waals surface area contributed by atoms with E-state index in [0.29, 0.717) is 23.2 Å². The van der Waals surface area contributed by atoms with Crippen molar-refractivity contribution in [2.24, 2.45) is 7.05 Å². The summed E-state index contributed by atoms with van der Waals surface area (Å²) in [5.41, 5.74) is -0.608. The molecular formula is C22H18F5N7O2S. The Balaban J connectivity index is 1.63. The zero-order chi connectivity index (χ0) is 26.8. The van der Waals surface area contributed by atoms with Crippen molar-refractivity contribution in [3.05, 3.63) is 41.9 Å². The quantitative estimate of drug-likeness (QED) is 0.335. The van der Waals surface area contributed by atoms with E-state index < -0.39 is 27.6 Å². The molecule has 1 fully saturated rings. The predicted octanol–water partition coefficient (Wildman–Crippen LogP) is 4.21. The molecule has 0 aromatic carbocycles. The van der Waals surface area contributed by atoms with E-state index in [1.165, 1.54) is 30.8 Å². The molecular weight excluding hydrogens is 521 g/mol. The van der Waals surface area contributed by atoms with Gasteiger partial charge in [0.05, 0.1) is 22.0 Å². The van der Waals surface area contributed by atoms with Gasteiger partial charge in [0.1, 0.15) is 16.9 Å². The van der Waals surface area contributed by atoms with Gasteiger partial charge in [-0.3, -0.25) is 4.98 Å². The number of hydrogen-bond donors (Lipinski definition) is 0. The van der Waals surface area contributed by atoms with Gasteiger partial charge in [0.2, 0.25) is 0 Å². The Morgan fingerprint density at radius 1 is 1.03 bits per heavy atom. The highest BCUT2D eigenvalue weighted by Gasteiger charge is 2.60. The van der Waals surface area contributed by atoms with Crippen LogP contribution in [0, 0.1) is 0 Å². The summed E-state index contributed by atoms with van der Waals surface area (Å²) in [6.07, 6.45) is -2.44. The molecule has 0 atom stereocenters. The molecule has 9 nitrogen and oxygen atoms in total. The number of aryl methyl sites for hydroxylation is 1. The Morgan fingerprint density at radius 3 is 2.35 bits per heavy atom. The van der Waals surface area contributed by atoms with Crippen molar-refractivity contribution in [2.45, 2.75) is 42.7 Å². The molecule has 0 amide bonds. The largest absolute Gasteiger partial charge is 0.459 e. The molecule has 0 spiro atoms. The highest BCUT2D eigenvalue weighted by molar-refractivity contribution is 7.91. The van der Waals surface area contributed by atoms with E-state index in [2.05, 4.69) is 30.4 Å². The first-order valence-electron chi connectivity index (χ1n) is 11.1. The van der Waals surface area contributed by atoms with Crippen molar-refractivity contribution in [1.82, 2.24) is 34.9 Å². The van der Waals surface area contributed by atoms with E-state index in [9.17, 15) is 30.4 Å². The molecule has 0 saturated heterocycles. The average Bonchev–Trinajstić information content (AvgIpc) is 3.66. The van der Waals surface area contributed by atoms with E-state index in [-0.39, 0.29) is 33.3 Å². The third-order valence-electron chi connectivity index (χ3n) is 6.05. The van der Waals surface area contributed by atoms with Crippen LogP contribution in [0.5, 0.6) is 0 Å². The van der Waals surface area contributed by atoms with Gasteiger partial charge in [0.15, 0.2) is 21.3 Å². The SMILES string of the molecule is CCS(=O)(=O)c1cc(-c2ccc(C3CC3)nn2)cnc1-c1nc2cc(C(F)(F)C(F)(F)F)nnc2n1C. The molecule has 5 rings (SSSR count). The standard InChI is InChI=1S/C22H18F5N7O2S/c1-3-37(35,36)16-8-12(14-7-6-13(30-31-14)11-4-5-11)10-28-18(16)20-29-15-9-17(21(23,24)22(25,26)27)32-33-19(15)34(20)2/h6-11H,3-5H2,1-2H3. The zero-order valence-electron chi connectivity index (χ0n) is 19.3. The maximum Gasteiger partial charge on any atom is 0.459 e. The van der Waals surface area contributed by atoms with Crippen molar-refractivity contribution in [2.75, 3.05) is 5.75 Å². The molecule has 0 radical (unpaired) electrons. The molecule has 0 aliphatic heterocycles. The van der Waals surface area contributed by atoms with Crippen LogP contribution in [-0.2, 0) is 22.8 Å². The molecule has 0 N–H and O–H groups in total. The van der Waals surface area contributed by atoms with E-state index in [1.807, 2.05) is 6.07 Å². The number of imidazole rings is 1. The van der Waals surface area contributed by atoms with Gasteiger partial charge in [0, 0.05) is 24.7 Å². The number of sulfone groups is 1. The number of pyridine rings is 1. The zero-order valence-corrected chi connectivity index (χ0v) is 20.1. The molecule has 1 saturated carbocycles. The van der Waals surface area contributed by atoms with Crippen LogP contribution in [0.1, 0.15) is 37.1 Å². The Morgan fingerprint density at radius 2 is 1.76 bits per heavy atom. The Labute approximate surface area is 206 Å². The van der Waals surface area contributed by atoms with Crippen molar-refractivity contribution >= 4 is 21.0 Å². The summed E-state index contributed by atoms with van der Waals surface area (Å²) in [5.74, 6) is -5.26. The number of aromatic nitrogens is 7. The van der Waals surface area contributed by atoms with E-state index in [4.69, 9.17) is 0 Å². The molecule has 4 aromatic rings. The van der Waals surface area contributed by atoms with Crippen LogP contribution in [-0.4, -0.2) is 55.3 Å². The van der Waals surface area contributed by atoms with Crippen LogP contribution in [0.15, 0.2) is 35.4 Å². The third kappa shape index (κ3) is 4.30. The van der Waals surface area contributed by atoms with Crippen LogP contribution in [0.2, 0.25) is 0 Å². The van der Waals surface area contributed by atoms with Gasteiger partial charge in [-0.15, -0.1) is 10.2 Å². The molecule has 37 heavy (non-hydrogen) atoms. The normalized spacial score (nSPS) is 14.9. The Bertz CT molecular complexity index is 1620. The predicted molar refractivity (Wildman–Crippen MR) is 120 cm³/mol. The van der Waals surface area contributed by atoms with Gasteiger partial charge >= 0.3 is 12.1 Å². The lowest BCUT2D eigenvalue weighted by Crippen LogP contribution is -2.34. The minimum atomic E-state index is -5.88. The third-order valence-corrected chi connectivity index (χ3v) is 7.79. The van der Waals surface area contributed by atoms with Crippen LogP contribution in [0.4, 0.5) is 22.0 Å². The fraction of sp³-hybridized carbons (Fsp3) is 0.364. The lowest BCUT2D eigenvalue weighted by molar-refractivity contribution is -0.291. The fourth-order valence-corrected chi connectivity index (χ4v) is 4.79. The van der Waals surface area contributed by atoms with Crippen LogP contribution < -0.4 is 0 Å². The molecule has 1 aliphatic carbocycles. The fourth-order valence-electron chi connectivity index (χ4n) is 3.73. The lowest BCUT2D eigenvalue weighted by Gasteiger charge is -2.17. The highest BCUT2D eigenvalue weighted by atomic mass is 32.2. The summed E-state index contributed by atoms with van der Waals surface area (Å²) in [4.78, 5) is 8.15. The summed E-state index contributed by atoms with van der Waals surface area (Å²) in [6.45, 7) is 1.43. The topological polar surface area (TPSA) is 116 Å². The van der Waals surface area contributed by atoms with Gasteiger partial charge in [-0.2, -0.15) is 32.1 Å².